The Labute approximate surface area is 85.8 Å². The third-order valence-corrected chi connectivity index (χ3v) is 2.32. The van der Waals surface area contributed by atoms with Gasteiger partial charge in [0, 0.05) is 19.3 Å². The summed E-state index contributed by atoms with van der Waals surface area (Å²) in [6.45, 7) is 4.98. The molecule has 1 aromatic carbocycles. The second-order valence-corrected chi connectivity index (χ2v) is 3.62. The molecule has 74 valence electrons. The molecule has 0 radical (unpaired) electrons. The van der Waals surface area contributed by atoms with Crippen molar-refractivity contribution >= 4 is 5.69 Å². The first-order valence-electron chi connectivity index (χ1n) is 4.80. The molecule has 2 nitrogen and oxygen atoms in total. The van der Waals surface area contributed by atoms with Crippen LogP contribution in [0.3, 0.4) is 0 Å². The lowest BCUT2D eigenvalue weighted by atomic mass is 10.1. The van der Waals surface area contributed by atoms with E-state index in [1.807, 2.05) is 7.05 Å². The van der Waals surface area contributed by atoms with Gasteiger partial charge in [0.05, 0.1) is 12.5 Å². The molecule has 1 aromatic rings. The fourth-order valence-electron chi connectivity index (χ4n) is 1.57. The summed E-state index contributed by atoms with van der Waals surface area (Å²) in [6.07, 6.45) is 0.573. The molecule has 0 aromatic heterocycles. The van der Waals surface area contributed by atoms with Gasteiger partial charge in [-0.2, -0.15) is 5.26 Å². The van der Waals surface area contributed by atoms with Gasteiger partial charge in [-0.3, -0.25) is 0 Å². The van der Waals surface area contributed by atoms with E-state index in [0.717, 1.165) is 6.54 Å². The number of benzene rings is 1. The quantitative estimate of drug-likeness (QED) is 0.729. The number of hydrogen-bond donors (Lipinski definition) is 0. The van der Waals surface area contributed by atoms with Crippen LogP contribution in [-0.4, -0.2) is 13.6 Å². The minimum absolute atomic E-state index is 0.573. The smallest absolute Gasteiger partial charge is 0.0640 e. The number of hydrogen-bond acceptors (Lipinski definition) is 2. The molecule has 1 rings (SSSR count). The summed E-state index contributed by atoms with van der Waals surface area (Å²) in [5.74, 6) is 0. The van der Waals surface area contributed by atoms with Crippen molar-refractivity contribution in [1.29, 1.82) is 5.26 Å². The fraction of sp³-hybridized carbons (Fsp3) is 0.417. The molecule has 0 saturated heterocycles. The maximum atomic E-state index is 8.50. The molecule has 14 heavy (non-hydrogen) atoms. The van der Waals surface area contributed by atoms with Gasteiger partial charge in [-0.25, -0.2) is 0 Å². The van der Waals surface area contributed by atoms with Crippen molar-refractivity contribution in [3.8, 4) is 6.07 Å². The van der Waals surface area contributed by atoms with Gasteiger partial charge in [0.15, 0.2) is 0 Å². The van der Waals surface area contributed by atoms with Gasteiger partial charge in [0.1, 0.15) is 0 Å². The summed E-state index contributed by atoms with van der Waals surface area (Å²) in [4.78, 5) is 2.12. The van der Waals surface area contributed by atoms with Crippen molar-refractivity contribution in [3.05, 3.63) is 29.3 Å². The lowest BCUT2D eigenvalue weighted by Gasteiger charge is -2.20. The van der Waals surface area contributed by atoms with Gasteiger partial charge in [-0.1, -0.05) is 17.7 Å². The summed E-state index contributed by atoms with van der Waals surface area (Å²) in [7, 11) is 2.02. The minimum atomic E-state index is 0.573. The van der Waals surface area contributed by atoms with Crippen molar-refractivity contribution in [2.75, 3.05) is 18.5 Å². The monoisotopic (exact) mass is 188 g/mol. The van der Waals surface area contributed by atoms with Gasteiger partial charge >= 0.3 is 0 Å². The second-order valence-electron chi connectivity index (χ2n) is 3.62. The second kappa shape index (κ2) is 4.66. The van der Waals surface area contributed by atoms with Crippen molar-refractivity contribution in [2.45, 2.75) is 20.3 Å². The van der Waals surface area contributed by atoms with E-state index in [1.54, 1.807) is 0 Å². The highest BCUT2D eigenvalue weighted by Gasteiger charge is 2.03. The van der Waals surface area contributed by atoms with Crippen LogP contribution in [-0.2, 0) is 0 Å². The molecule has 0 saturated carbocycles. The van der Waals surface area contributed by atoms with Crippen molar-refractivity contribution in [3.63, 3.8) is 0 Å². The Hall–Kier alpha value is -1.49. The van der Waals surface area contributed by atoms with Crippen molar-refractivity contribution in [1.82, 2.24) is 0 Å². The van der Waals surface area contributed by atoms with Crippen LogP contribution >= 0.6 is 0 Å². The van der Waals surface area contributed by atoms with E-state index < -0.39 is 0 Å². The lowest BCUT2D eigenvalue weighted by molar-refractivity contribution is 0.900. The first-order chi connectivity index (χ1) is 6.65. The highest BCUT2D eigenvalue weighted by Crippen LogP contribution is 2.19. The van der Waals surface area contributed by atoms with Gasteiger partial charge in [0.2, 0.25) is 0 Å². The van der Waals surface area contributed by atoms with Crippen LogP contribution in [0.4, 0.5) is 5.69 Å². The average molecular weight is 188 g/mol. The fourth-order valence-corrected chi connectivity index (χ4v) is 1.57. The third kappa shape index (κ3) is 2.50. The summed E-state index contributed by atoms with van der Waals surface area (Å²) in [6, 6.07) is 8.54. The Morgan fingerprint density at radius 3 is 2.64 bits per heavy atom. The standard InChI is InChI=1S/C12H16N2/c1-10-5-6-12(11(2)9-10)14(3)8-4-7-13/h5-6,9H,4,8H2,1-3H3. The van der Waals surface area contributed by atoms with Gasteiger partial charge in [-0.15, -0.1) is 0 Å². The van der Waals surface area contributed by atoms with E-state index in [4.69, 9.17) is 5.26 Å². The zero-order chi connectivity index (χ0) is 10.6. The van der Waals surface area contributed by atoms with Crippen molar-refractivity contribution < 1.29 is 0 Å². The topological polar surface area (TPSA) is 27.0 Å². The minimum Gasteiger partial charge on any atom is -0.373 e. The molecular weight excluding hydrogens is 172 g/mol. The van der Waals surface area contributed by atoms with E-state index in [2.05, 4.69) is 43.0 Å². The van der Waals surface area contributed by atoms with E-state index in [9.17, 15) is 0 Å². The Bertz CT molecular complexity index is 350. The molecule has 0 fully saturated rings. The van der Waals surface area contributed by atoms with Crippen LogP contribution in [0.5, 0.6) is 0 Å². The van der Waals surface area contributed by atoms with Gasteiger partial charge < -0.3 is 4.90 Å². The van der Waals surface area contributed by atoms with Gasteiger partial charge in [-0.05, 0) is 25.5 Å². The molecule has 2 heteroatoms. The lowest BCUT2D eigenvalue weighted by Crippen LogP contribution is -2.18. The van der Waals surface area contributed by atoms with E-state index >= 15 is 0 Å². The van der Waals surface area contributed by atoms with Crippen LogP contribution in [0.1, 0.15) is 17.5 Å². The van der Waals surface area contributed by atoms with Crippen LogP contribution in [0.25, 0.3) is 0 Å². The highest BCUT2D eigenvalue weighted by atomic mass is 15.1. The molecule has 0 N–H and O–H groups in total. The predicted octanol–water partition coefficient (Wildman–Crippen LogP) is 2.65. The summed E-state index contributed by atoms with van der Waals surface area (Å²) < 4.78 is 0. The largest absolute Gasteiger partial charge is 0.373 e. The maximum absolute atomic E-state index is 8.50. The molecule has 0 aliphatic heterocycles. The molecule has 0 spiro atoms. The Morgan fingerprint density at radius 1 is 1.36 bits per heavy atom. The van der Waals surface area contributed by atoms with E-state index in [-0.39, 0.29) is 0 Å². The summed E-state index contributed by atoms with van der Waals surface area (Å²) in [5, 5.41) is 8.50. The molecule has 0 atom stereocenters. The van der Waals surface area contributed by atoms with Gasteiger partial charge in [0.25, 0.3) is 0 Å². The Morgan fingerprint density at radius 2 is 2.07 bits per heavy atom. The number of nitrogens with zero attached hydrogens (tertiary/aromatic N) is 2. The summed E-state index contributed by atoms with van der Waals surface area (Å²) in [5.41, 5.74) is 3.76. The van der Waals surface area contributed by atoms with E-state index in [0.29, 0.717) is 6.42 Å². The maximum Gasteiger partial charge on any atom is 0.0640 e. The zero-order valence-corrected chi connectivity index (χ0v) is 9.04. The molecule has 0 bridgehead atoms. The van der Waals surface area contributed by atoms with Crippen LogP contribution in [0, 0.1) is 25.2 Å². The highest BCUT2D eigenvalue weighted by molar-refractivity contribution is 5.53. The molecular formula is C12H16N2. The zero-order valence-electron chi connectivity index (χ0n) is 9.04. The Kier molecular flexibility index (Phi) is 3.53. The average Bonchev–Trinajstić information content (AvgIpc) is 2.14. The SMILES string of the molecule is Cc1ccc(N(C)CCC#N)c(C)c1. The number of anilines is 1. The Balaban J connectivity index is 2.80. The number of nitriles is 1. The first-order valence-corrected chi connectivity index (χ1v) is 4.80. The van der Waals surface area contributed by atoms with E-state index in [1.165, 1.54) is 16.8 Å². The number of aryl methyl sites for hydroxylation is 2. The summed E-state index contributed by atoms with van der Waals surface area (Å²) >= 11 is 0. The molecule has 0 amide bonds. The van der Waals surface area contributed by atoms with Crippen molar-refractivity contribution in [2.24, 2.45) is 0 Å². The molecule has 0 aliphatic rings. The molecule has 0 aliphatic carbocycles. The van der Waals surface area contributed by atoms with Crippen LogP contribution in [0.15, 0.2) is 18.2 Å². The van der Waals surface area contributed by atoms with Crippen LogP contribution < -0.4 is 4.90 Å². The molecule has 0 unspecified atom stereocenters. The number of rotatable bonds is 3. The normalized spacial score (nSPS) is 9.57. The third-order valence-electron chi connectivity index (χ3n) is 2.32. The predicted molar refractivity (Wildman–Crippen MR) is 59.4 cm³/mol. The molecule has 0 heterocycles. The first kappa shape index (κ1) is 10.6. The van der Waals surface area contributed by atoms with Crippen LogP contribution in [0.2, 0.25) is 0 Å².